The van der Waals surface area contributed by atoms with E-state index in [-0.39, 0.29) is 22.0 Å². The van der Waals surface area contributed by atoms with E-state index in [1.54, 1.807) is 6.07 Å². The Morgan fingerprint density at radius 2 is 1.70 bits per heavy atom. The van der Waals surface area contributed by atoms with Crippen molar-refractivity contribution >= 4 is 23.0 Å². The van der Waals surface area contributed by atoms with E-state index in [4.69, 9.17) is 22.1 Å². The Kier molecular flexibility index (Phi) is 3.84. The van der Waals surface area contributed by atoms with Crippen LogP contribution in [0.1, 0.15) is 11.1 Å². The molecule has 0 spiro atoms. The lowest BCUT2D eigenvalue weighted by Gasteiger charge is -2.10. The molecule has 0 saturated carbocycles. The highest BCUT2D eigenvalue weighted by atomic mass is 35.5. The second kappa shape index (κ2) is 5.56. The topological polar surface area (TPSA) is 59.6 Å². The zero-order chi connectivity index (χ0) is 14.7. The lowest BCUT2D eigenvalue weighted by atomic mass is 10.1. The van der Waals surface area contributed by atoms with E-state index in [0.29, 0.717) is 5.56 Å². The number of halogens is 3. The smallest absolute Gasteiger partial charge is 0.183 e. The molecule has 0 aromatic heterocycles. The van der Waals surface area contributed by atoms with Crippen LogP contribution in [-0.2, 0) is 0 Å². The number of hydrogen-bond acceptors (Lipinski definition) is 3. The van der Waals surface area contributed by atoms with Gasteiger partial charge < -0.3 is 5.32 Å². The summed E-state index contributed by atoms with van der Waals surface area (Å²) in [4.78, 5) is 0. The van der Waals surface area contributed by atoms with Crippen LogP contribution in [0.5, 0.6) is 0 Å². The lowest BCUT2D eigenvalue weighted by molar-refractivity contribution is 0.509. The molecule has 0 atom stereocenters. The number of rotatable bonds is 2. The molecule has 0 aliphatic rings. The van der Waals surface area contributed by atoms with E-state index < -0.39 is 11.6 Å². The Morgan fingerprint density at radius 1 is 0.950 bits per heavy atom. The average Bonchev–Trinajstić information content (AvgIpc) is 2.46. The van der Waals surface area contributed by atoms with Crippen molar-refractivity contribution in [2.24, 2.45) is 0 Å². The van der Waals surface area contributed by atoms with Crippen LogP contribution < -0.4 is 5.32 Å². The molecule has 3 nitrogen and oxygen atoms in total. The van der Waals surface area contributed by atoms with Gasteiger partial charge >= 0.3 is 0 Å². The number of hydrogen-bond donors (Lipinski definition) is 1. The van der Waals surface area contributed by atoms with Crippen molar-refractivity contribution in [3.05, 3.63) is 58.1 Å². The number of anilines is 2. The van der Waals surface area contributed by atoms with Gasteiger partial charge in [-0.05, 0) is 30.3 Å². The summed E-state index contributed by atoms with van der Waals surface area (Å²) in [6.07, 6.45) is 0. The number of nitrogens with one attached hydrogen (secondary N) is 1. The Balaban J connectivity index is 2.44. The van der Waals surface area contributed by atoms with Crippen molar-refractivity contribution in [2.75, 3.05) is 5.32 Å². The number of nitriles is 2. The molecule has 2 rings (SSSR count). The highest BCUT2D eigenvalue weighted by Gasteiger charge is 2.14. The first kappa shape index (κ1) is 13.8. The molecule has 0 radical (unpaired) electrons. The Morgan fingerprint density at radius 3 is 2.35 bits per heavy atom. The molecule has 0 unspecified atom stereocenters. The molecule has 1 N–H and O–H groups in total. The molecule has 0 bridgehead atoms. The van der Waals surface area contributed by atoms with Gasteiger partial charge in [0.25, 0.3) is 0 Å². The molecule has 6 heteroatoms. The second-order valence-corrected chi connectivity index (χ2v) is 4.24. The van der Waals surface area contributed by atoms with Gasteiger partial charge in [-0.15, -0.1) is 0 Å². The maximum absolute atomic E-state index is 13.8. The summed E-state index contributed by atoms with van der Waals surface area (Å²) in [7, 11) is 0. The fraction of sp³-hybridized carbons (Fsp3) is 0. The summed E-state index contributed by atoms with van der Waals surface area (Å²) < 4.78 is 27.2. The van der Waals surface area contributed by atoms with Gasteiger partial charge in [-0.2, -0.15) is 10.5 Å². The van der Waals surface area contributed by atoms with E-state index in [0.717, 1.165) is 6.07 Å². The molecule has 2 aromatic rings. The van der Waals surface area contributed by atoms with Crippen LogP contribution in [0.15, 0.2) is 30.3 Å². The summed E-state index contributed by atoms with van der Waals surface area (Å²) in [5, 5.41) is 20.3. The van der Waals surface area contributed by atoms with Crippen molar-refractivity contribution in [3.8, 4) is 12.1 Å². The van der Waals surface area contributed by atoms with Gasteiger partial charge in [-0.25, -0.2) is 8.78 Å². The Labute approximate surface area is 118 Å². The van der Waals surface area contributed by atoms with Crippen LogP contribution in [0.25, 0.3) is 0 Å². The zero-order valence-corrected chi connectivity index (χ0v) is 10.7. The second-order valence-electron chi connectivity index (χ2n) is 3.83. The molecule has 0 fully saturated rings. The van der Waals surface area contributed by atoms with Crippen LogP contribution in [0.4, 0.5) is 20.2 Å². The molecule has 0 aliphatic carbocycles. The fourth-order valence-electron chi connectivity index (χ4n) is 1.57. The minimum atomic E-state index is -1.23. The molecule has 0 saturated heterocycles. The van der Waals surface area contributed by atoms with Crippen molar-refractivity contribution in [3.63, 3.8) is 0 Å². The van der Waals surface area contributed by atoms with Gasteiger partial charge in [0.1, 0.15) is 6.07 Å². The standard InChI is InChI=1S/C14H6ClF2N3/c15-10-3-1-8(6-18)5-12(10)20-11-4-2-9(7-19)13(16)14(11)17/h1-5,20H. The minimum Gasteiger partial charge on any atom is -0.352 e. The van der Waals surface area contributed by atoms with Gasteiger partial charge in [0.15, 0.2) is 11.6 Å². The lowest BCUT2D eigenvalue weighted by Crippen LogP contribution is -1.99. The van der Waals surface area contributed by atoms with Crippen molar-refractivity contribution in [1.29, 1.82) is 10.5 Å². The monoisotopic (exact) mass is 289 g/mol. The number of nitrogens with zero attached hydrogens (tertiary/aromatic N) is 2. The predicted octanol–water partition coefficient (Wildman–Crippen LogP) is 4.11. The SMILES string of the molecule is N#Cc1ccc(Cl)c(Nc2ccc(C#N)c(F)c2F)c1. The van der Waals surface area contributed by atoms with Gasteiger partial charge in [0.05, 0.1) is 33.6 Å². The van der Waals surface area contributed by atoms with E-state index in [1.165, 1.54) is 24.3 Å². The quantitative estimate of drug-likeness (QED) is 0.905. The summed E-state index contributed by atoms with van der Waals surface area (Å²) >= 11 is 5.91. The largest absolute Gasteiger partial charge is 0.352 e. The van der Waals surface area contributed by atoms with Crippen molar-refractivity contribution in [1.82, 2.24) is 0 Å². The predicted molar refractivity (Wildman–Crippen MR) is 70.5 cm³/mol. The van der Waals surface area contributed by atoms with Gasteiger partial charge in [0, 0.05) is 0 Å². The van der Waals surface area contributed by atoms with Gasteiger partial charge in [-0.1, -0.05) is 11.6 Å². The first-order valence-electron chi connectivity index (χ1n) is 5.41. The third-order valence-electron chi connectivity index (χ3n) is 2.57. The first-order valence-corrected chi connectivity index (χ1v) is 5.79. The van der Waals surface area contributed by atoms with Crippen LogP contribution in [-0.4, -0.2) is 0 Å². The molecule has 0 amide bonds. The van der Waals surface area contributed by atoms with E-state index in [9.17, 15) is 8.78 Å². The summed E-state index contributed by atoms with van der Waals surface area (Å²) in [5.74, 6) is -2.41. The minimum absolute atomic E-state index is 0.168. The van der Waals surface area contributed by atoms with Crippen LogP contribution >= 0.6 is 11.6 Å². The first-order chi connectivity index (χ1) is 9.56. The fourth-order valence-corrected chi connectivity index (χ4v) is 1.73. The average molecular weight is 290 g/mol. The molecule has 20 heavy (non-hydrogen) atoms. The maximum atomic E-state index is 13.8. The Hall–Kier alpha value is -2.63. The third kappa shape index (κ3) is 2.54. The van der Waals surface area contributed by atoms with Crippen molar-refractivity contribution < 1.29 is 8.78 Å². The van der Waals surface area contributed by atoms with E-state index in [1.807, 2.05) is 6.07 Å². The van der Waals surface area contributed by atoms with Crippen LogP contribution in [0.3, 0.4) is 0 Å². The maximum Gasteiger partial charge on any atom is 0.183 e. The third-order valence-corrected chi connectivity index (χ3v) is 2.90. The van der Waals surface area contributed by atoms with Gasteiger partial charge in [-0.3, -0.25) is 0 Å². The molecule has 2 aromatic carbocycles. The van der Waals surface area contributed by atoms with E-state index >= 15 is 0 Å². The highest BCUT2D eigenvalue weighted by molar-refractivity contribution is 6.33. The van der Waals surface area contributed by atoms with Crippen molar-refractivity contribution in [2.45, 2.75) is 0 Å². The molecule has 0 heterocycles. The number of benzene rings is 2. The summed E-state index contributed by atoms with van der Waals surface area (Å²) in [6, 6.07) is 10.2. The van der Waals surface area contributed by atoms with Crippen LogP contribution in [0, 0.1) is 34.3 Å². The summed E-state index contributed by atoms with van der Waals surface area (Å²) in [6.45, 7) is 0. The zero-order valence-electron chi connectivity index (χ0n) is 9.92. The molecular formula is C14H6ClF2N3. The molecular weight excluding hydrogens is 284 g/mol. The molecule has 0 aliphatic heterocycles. The molecule has 98 valence electrons. The Bertz CT molecular complexity index is 760. The van der Waals surface area contributed by atoms with Crippen LogP contribution in [0.2, 0.25) is 5.02 Å². The van der Waals surface area contributed by atoms with Gasteiger partial charge in [0.2, 0.25) is 0 Å². The highest BCUT2D eigenvalue weighted by Crippen LogP contribution is 2.29. The summed E-state index contributed by atoms with van der Waals surface area (Å²) in [5.41, 5.74) is 0.0450. The van der Waals surface area contributed by atoms with E-state index in [2.05, 4.69) is 5.32 Å². The normalized spacial score (nSPS) is 9.65.